The van der Waals surface area contributed by atoms with Crippen LogP contribution >= 0.6 is 24.8 Å². The Kier molecular flexibility index (Phi) is 7.82. The zero-order valence-electron chi connectivity index (χ0n) is 10.7. The quantitative estimate of drug-likeness (QED) is 0.911. The lowest BCUT2D eigenvalue weighted by atomic mass is 10.3. The van der Waals surface area contributed by atoms with Gasteiger partial charge in [0.15, 0.2) is 0 Å². The molecule has 2 rings (SSSR count). The van der Waals surface area contributed by atoms with E-state index in [4.69, 9.17) is 14.9 Å². The summed E-state index contributed by atoms with van der Waals surface area (Å²) in [6.45, 7) is 7.72. The minimum absolute atomic E-state index is 0. The fourth-order valence-electron chi connectivity index (χ4n) is 1.86. The third-order valence-electron chi connectivity index (χ3n) is 2.92. The van der Waals surface area contributed by atoms with Gasteiger partial charge in [0, 0.05) is 19.6 Å². The summed E-state index contributed by atoms with van der Waals surface area (Å²) in [7, 11) is 0. The Balaban J connectivity index is 0.00000144. The first kappa shape index (κ1) is 17.7. The lowest BCUT2D eigenvalue weighted by Crippen LogP contribution is -2.45. The largest absolute Gasteiger partial charge is 0.444 e. The third kappa shape index (κ3) is 4.40. The number of oxazole rings is 1. The second kappa shape index (κ2) is 7.96. The van der Waals surface area contributed by atoms with E-state index >= 15 is 0 Å². The van der Waals surface area contributed by atoms with Gasteiger partial charge in [-0.15, -0.1) is 24.8 Å². The molecule has 1 aliphatic heterocycles. The Morgan fingerprint density at radius 1 is 1.39 bits per heavy atom. The molecule has 1 saturated heterocycles. The van der Waals surface area contributed by atoms with Crippen molar-refractivity contribution >= 4 is 24.8 Å². The Bertz CT molecular complexity index is 341. The standard InChI is InChI=1S/C11H19N3O2.2ClH/c1-8-9(2)16-11(13-8)7-14-3-4-15-10(5-12)6-14;;/h10H,3-7,12H2,1-2H3;2*1H. The molecule has 18 heavy (non-hydrogen) atoms. The highest BCUT2D eigenvalue weighted by atomic mass is 35.5. The highest BCUT2D eigenvalue weighted by Crippen LogP contribution is 2.12. The van der Waals surface area contributed by atoms with Gasteiger partial charge in [-0.05, 0) is 13.8 Å². The fraction of sp³-hybridized carbons (Fsp3) is 0.727. The molecule has 0 spiro atoms. The predicted molar refractivity (Wildman–Crippen MR) is 74.5 cm³/mol. The van der Waals surface area contributed by atoms with Gasteiger partial charge < -0.3 is 14.9 Å². The summed E-state index contributed by atoms with van der Waals surface area (Å²) in [6.07, 6.45) is 0.144. The van der Waals surface area contributed by atoms with Crippen LogP contribution in [0.1, 0.15) is 17.3 Å². The van der Waals surface area contributed by atoms with E-state index in [2.05, 4.69) is 9.88 Å². The number of hydrogen-bond donors (Lipinski definition) is 1. The van der Waals surface area contributed by atoms with Crippen molar-refractivity contribution < 1.29 is 9.15 Å². The molecule has 1 aromatic rings. The van der Waals surface area contributed by atoms with Gasteiger partial charge in [0.05, 0.1) is 24.9 Å². The van der Waals surface area contributed by atoms with Gasteiger partial charge in [0.1, 0.15) is 5.76 Å². The number of aryl methyl sites for hydroxylation is 2. The summed E-state index contributed by atoms with van der Waals surface area (Å²) in [5.74, 6) is 1.69. The molecular weight excluding hydrogens is 277 g/mol. The normalized spacial score (nSPS) is 20.1. The first-order valence-electron chi connectivity index (χ1n) is 5.66. The first-order valence-corrected chi connectivity index (χ1v) is 5.66. The van der Waals surface area contributed by atoms with Crippen LogP contribution in [0.25, 0.3) is 0 Å². The second-order valence-corrected chi connectivity index (χ2v) is 4.21. The van der Waals surface area contributed by atoms with Gasteiger partial charge in [0.2, 0.25) is 5.89 Å². The Morgan fingerprint density at radius 2 is 2.11 bits per heavy atom. The van der Waals surface area contributed by atoms with Crippen molar-refractivity contribution in [3.8, 4) is 0 Å². The molecule has 0 radical (unpaired) electrons. The number of morpholine rings is 1. The minimum Gasteiger partial charge on any atom is -0.444 e. The van der Waals surface area contributed by atoms with Gasteiger partial charge in [-0.25, -0.2) is 4.98 Å². The van der Waals surface area contributed by atoms with Crippen molar-refractivity contribution in [2.24, 2.45) is 5.73 Å². The molecule has 1 aliphatic rings. The second-order valence-electron chi connectivity index (χ2n) is 4.21. The number of aromatic nitrogens is 1. The minimum atomic E-state index is 0. The van der Waals surface area contributed by atoms with Crippen molar-refractivity contribution in [3.63, 3.8) is 0 Å². The number of ether oxygens (including phenoxy) is 1. The van der Waals surface area contributed by atoms with E-state index in [1.807, 2.05) is 13.8 Å². The lowest BCUT2D eigenvalue weighted by Gasteiger charge is -2.31. The maximum atomic E-state index is 5.60. The van der Waals surface area contributed by atoms with Crippen LogP contribution in [0.4, 0.5) is 0 Å². The number of rotatable bonds is 3. The average molecular weight is 298 g/mol. The topological polar surface area (TPSA) is 64.5 Å². The lowest BCUT2D eigenvalue weighted by molar-refractivity contribution is -0.0284. The summed E-state index contributed by atoms with van der Waals surface area (Å²) < 4.78 is 11.1. The molecule has 1 fully saturated rings. The molecule has 5 nitrogen and oxygen atoms in total. The predicted octanol–water partition coefficient (Wildman–Crippen LogP) is 1.29. The van der Waals surface area contributed by atoms with Crippen molar-refractivity contribution in [3.05, 3.63) is 17.3 Å². The van der Waals surface area contributed by atoms with Gasteiger partial charge in [0.25, 0.3) is 0 Å². The number of halogens is 2. The zero-order chi connectivity index (χ0) is 11.5. The highest BCUT2D eigenvalue weighted by Gasteiger charge is 2.20. The maximum Gasteiger partial charge on any atom is 0.208 e. The number of nitrogens with zero attached hydrogens (tertiary/aromatic N) is 2. The van der Waals surface area contributed by atoms with Crippen LogP contribution in [0.2, 0.25) is 0 Å². The van der Waals surface area contributed by atoms with Crippen LogP contribution in [0.5, 0.6) is 0 Å². The molecule has 0 bridgehead atoms. The summed E-state index contributed by atoms with van der Waals surface area (Å²) in [5, 5.41) is 0. The SMILES string of the molecule is Cc1nc(CN2CCOC(CN)C2)oc1C.Cl.Cl. The first-order chi connectivity index (χ1) is 7.69. The van der Waals surface area contributed by atoms with E-state index in [9.17, 15) is 0 Å². The van der Waals surface area contributed by atoms with Crippen LogP contribution in [0.3, 0.4) is 0 Å². The summed E-state index contributed by atoms with van der Waals surface area (Å²) in [4.78, 5) is 6.64. The fourth-order valence-corrected chi connectivity index (χ4v) is 1.86. The van der Waals surface area contributed by atoms with E-state index in [0.717, 1.165) is 43.6 Å². The van der Waals surface area contributed by atoms with E-state index in [-0.39, 0.29) is 30.9 Å². The summed E-state index contributed by atoms with van der Waals surface area (Å²) >= 11 is 0. The van der Waals surface area contributed by atoms with E-state index in [0.29, 0.717) is 6.54 Å². The van der Waals surface area contributed by atoms with Crippen LogP contribution in [-0.2, 0) is 11.3 Å². The molecule has 7 heteroatoms. The van der Waals surface area contributed by atoms with Gasteiger partial charge in [-0.3, -0.25) is 4.90 Å². The summed E-state index contributed by atoms with van der Waals surface area (Å²) in [5.41, 5.74) is 6.57. The van der Waals surface area contributed by atoms with Crippen LogP contribution in [0, 0.1) is 13.8 Å². The zero-order valence-corrected chi connectivity index (χ0v) is 12.4. The van der Waals surface area contributed by atoms with E-state index < -0.39 is 0 Å². The summed E-state index contributed by atoms with van der Waals surface area (Å²) in [6, 6.07) is 0. The van der Waals surface area contributed by atoms with Crippen LogP contribution in [0.15, 0.2) is 4.42 Å². The van der Waals surface area contributed by atoms with Crippen LogP contribution in [-0.4, -0.2) is 42.2 Å². The van der Waals surface area contributed by atoms with Gasteiger partial charge in [-0.2, -0.15) is 0 Å². The molecule has 0 saturated carbocycles. The van der Waals surface area contributed by atoms with Crippen molar-refractivity contribution in [1.82, 2.24) is 9.88 Å². The maximum absolute atomic E-state index is 5.60. The Labute approximate surface area is 120 Å². The smallest absolute Gasteiger partial charge is 0.208 e. The van der Waals surface area contributed by atoms with Gasteiger partial charge in [-0.1, -0.05) is 0 Å². The molecule has 1 unspecified atom stereocenters. The Hall–Kier alpha value is -0.330. The molecule has 0 aliphatic carbocycles. The van der Waals surface area contributed by atoms with Crippen molar-refractivity contribution in [2.45, 2.75) is 26.5 Å². The van der Waals surface area contributed by atoms with Crippen LogP contribution < -0.4 is 5.73 Å². The highest BCUT2D eigenvalue weighted by molar-refractivity contribution is 5.85. The number of nitrogens with two attached hydrogens (primary N) is 1. The Morgan fingerprint density at radius 3 is 2.67 bits per heavy atom. The molecule has 1 atom stereocenters. The van der Waals surface area contributed by atoms with Gasteiger partial charge >= 0.3 is 0 Å². The third-order valence-corrected chi connectivity index (χ3v) is 2.92. The molecule has 2 N–H and O–H groups in total. The molecule has 0 amide bonds. The molecular formula is C11H21Cl2N3O2. The molecule has 2 heterocycles. The van der Waals surface area contributed by atoms with E-state index in [1.165, 1.54) is 0 Å². The van der Waals surface area contributed by atoms with E-state index in [1.54, 1.807) is 0 Å². The molecule has 1 aromatic heterocycles. The van der Waals surface area contributed by atoms with Crippen molar-refractivity contribution in [2.75, 3.05) is 26.2 Å². The molecule has 0 aromatic carbocycles. The average Bonchev–Trinajstić information content (AvgIpc) is 2.58. The van der Waals surface area contributed by atoms with Crippen molar-refractivity contribution in [1.29, 1.82) is 0 Å². The number of hydrogen-bond acceptors (Lipinski definition) is 5. The monoisotopic (exact) mass is 297 g/mol. The molecule has 106 valence electrons.